The van der Waals surface area contributed by atoms with Crippen molar-refractivity contribution in [2.45, 2.75) is 76.0 Å². The van der Waals surface area contributed by atoms with Crippen molar-refractivity contribution in [2.24, 2.45) is 0 Å². The van der Waals surface area contributed by atoms with E-state index in [4.69, 9.17) is 9.47 Å². The van der Waals surface area contributed by atoms with Crippen molar-refractivity contribution in [3.63, 3.8) is 0 Å². The van der Waals surface area contributed by atoms with E-state index in [0.29, 0.717) is 22.5 Å². The van der Waals surface area contributed by atoms with E-state index in [1.54, 1.807) is 6.92 Å². The quantitative estimate of drug-likeness (QED) is 0.348. The molecule has 0 aliphatic heterocycles. The highest BCUT2D eigenvalue weighted by molar-refractivity contribution is 6.89. The lowest BCUT2D eigenvalue weighted by Gasteiger charge is -2.42. The molecular weight excluding hydrogens is 312 g/mol. The first-order valence-electron chi connectivity index (χ1n) is 7.75. The molecule has 0 aromatic rings. The second-order valence-corrected chi connectivity index (χ2v) is 19.0. The van der Waals surface area contributed by atoms with Crippen molar-refractivity contribution in [3.8, 4) is 0 Å². The van der Waals surface area contributed by atoms with Gasteiger partial charge < -0.3 is 9.47 Å². The molecule has 0 saturated carbocycles. The Morgan fingerprint density at radius 2 is 1.67 bits per heavy atom. The lowest BCUT2D eigenvalue weighted by molar-refractivity contribution is 0.0592. The van der Waals surface area contributed by atoms with Crippen LogP contribution >= 0.6 is 0 Å². The van der Waals surface area contributed by atoms with Gasteiger partial charge in [0.05, 0.1) is 13.2 Å². The van der Waals surface area contributed by atoms with Crippen LogP contribution in [0.15, 0.2) is 0 Å². The van der Waals surface area contributed by atoms with Gasteiger partial charge in [0.1, 0.15) is 0 Å². The van der Waals surface area contributed by atoms with E-state index < -0.39 is 14.2 Å². The number of ether oxygens (including phenoxy) is 2. The highest BCUT2D eigenvalue weighted by Crippen LogP contribution is 2.42. The average Bonchev–Trinajstić information content (AvgIpc) is 2.25. The summed E-state index contributed by atoms with van der Waals surface area (Å²) < 4.78 is 10.6. The molecule has 0 N–H and O–H groups in total. The van der Waals surface area contributed by atoms with Crippen LogP contribution in [0.25, 0.3) is 0 Å². The summed E-state index contributed by atoms with van der Waals surface area (Å²) in [5.41, 5.74) is 0. The van der Waals surface area contributed by atoms with E-state index in [0.717, 1.165) is 31.5 Å². The number of hydrogen-bond donors (Lipinski definition) is 0. The molecule has 0 fully saturated rings. The number of rotatable bonds is 9. The van der Waals surface area contributed by atoms with Crippen LogP contribution in [0.5, 0.6) is 0 Å². The van der Waals surface area contributed by atoms with E-state index in [1.807, 2.05) is 0 Å². The van der Waals surface area contributed by atoms with Crippen molar-refractivity contribution in [1.29, 1.82) is 0 Å². The van der Waals surface area contributed by atoms with Gasteiger partial charge in [0, 0.05) is 27.1 Å². The maximum atomic E-state index is 11.1. The van der Waals surface area contributed by atoms with Crippen molar-refractivity contribution in [1.82, 2.24) is 0 Å². The van der Waals surface area contributed by atoms with Crippen LogP contribution in [0.2, 0.25) is 35.0 Å². The Hall–Kier alpha value is -0.0794. The monoisotopic (exact) mass is 344 g/mol. The zero-order chi connectivity index (χ0) is 16.7. The summed E-state index contributed by atoms with van der Waals surface area (Å²) in [7, 11) is 0.762. The molecule has 0 spiro atoms. The SMILES string of the molecule is CCOC(=O)OCCC[Si]C(C)(C)[Si]C(C)(C)[Si](C)(C)C. The molecule has 0 heterocycles. The molecule has 0 atom stereocenters. The van der Waals surface area contributed by atoms with Crippen LogP contribution in [0.1, 0.15) is 41.0 Å². The molecule has 0 aliphatic carbocycles. The molecule has 0 aliphatic rings. The van der Waals surface area contributed by atoms with E-state index in [-0.39, 0.29) is 0 Å². The fraction of sp³-hybridized carbons (Fsp3) is 0.933. The van der Waals surface area contributed by atoms with E-state index in [9.17, 15) is 4.79 Å². The number of carbonyl (C=O) groups excluding carboxylic acids is 1. The van der Waals surface area contributed by atoms with E-state index in [2.05, 4.69) is 47.3 Å². The van der Waals surface area contributed by atoms with Gasteiger partial charge in [-0.3, -0.25) is 0 Å². The Bertz CT molecular complexity index is 323. The van der Waals surface area contributed by atoms with Gasteiger partial charge in [-0.05, 0) is 18.0 Å². The highest BCUT2D eigenvalue weighted by Gasteiger charge is 2.39. The summed E-state index contributed by atoms with van der Waals surface area (Å²) in [6.45, 7) is 19.7. The molecule has 21 heavy (non-hydrogen) atoms. The summed E-state index contributed by atoms with van der Waals surface area (Å²) in [6.07, 6.45) is 0.389. The van der Waals surface area contributed by atoms with Gasteiger partial charge in [0.15, 0.2) is 0 Å². The summed E-state index contributed by atoms with van der Waals surface area (Å²) in [5, 5.41) is 0. The zero-order valence-electron chi connectivity index (χ0n) is 15.1. The largest absolute Gasteiger partial charge is 0.508 e. The lowest BCUT2D eigenvalue weighted by atomic mass is 10.5. The predicted octanol–water partition coefficient (Wildman–Crippen LogP) is 4.61. The molecule has 0 aromatic carbocycles. The lowest BCUT2D eigenvalue weighted by Crippen LogP contribution is -2.44. The summed E-state index contributed by atoms with van der Waals surface area (Å²) in [6, 6.07) is 1.13. The fourth-order valence-electron chi connectivity index (χ4n) is 1.80. The first-order valence-corrected chi connectivity index (χ1v) is 13.5. The Kier molecular flexibility index (Phi) is 8.49. The van der Waals surface area contributed by atoms with Gasteiger partial charge in [-0.1, -0.05) is 58.0 Å². The highest BCUT2D eigenvalue weighted by atomic mass is 28.4. The maximum absolute atomic E-state index is 11.1. The van der Waals surface area contributed by atoms with Crippen LogP contribution in [0.4, 0.5) is 4.79 Å². The van der Waals surface area contributed by atoms with Gasteiger partial charge in [-0.2, -0.15) is 0 Å². The van der Waals surface area contributed by atoms with Crippen molar-refractivity contribution >= 4 is 33.3 Å². The zero-order valence-corrected chi connectivity index (χ0v) is 18.1. The smallest absolute Gasteiger partial charge is 0.435 e. The third-order valence-corrected chi connectivity index (χ3v) is 13.9. The maximum Gasteiger partial charge on any atom is 0.508 e. The summed E-state index contributed by atoms with van der Waals surface area (Å²) in [5.74, 6) is 0. The Morgan fingerprint density at radius 3 is 2.14 bits per heavy atom. The van der Waals surface area contributed by atoms with Crippen LogP contribution in [-0.2, 0) is 9.47 Å². The van der Waals surface area contributed by atoms with Crippen molar-refractivity contribution in [3.05, 3.63) is 0 Å². The normalized spacial score (nSPS) is 13.1. The molecule has 6 heteroatoms. The first kappa shape index (κ1) is 20.9. The Morgan fingerprint density at radius 1 is 1.10 bits per heavy atom. The Balaban J connectivity index is 4.06. The van der Waals surface area contributed by atoms with Crippen LogP contribution in [0, 0.1) is 0 Å². The van der Waals surface area contributed by atoms with Crippen molar-refractivity contribution < 1.29 is 14.3 Å². The van der Waals surface area contributed by atoms with E-state index >= 15 is 0 Å². The predicted molar refractivity (Wildman–Crippen MR) is 95.3 cm³/mol. The second-order valence-electron chi connectivity index (χ2n) is 7.44. The van der Waals surface area contributed by atoms with Crippen LogP contribution in [-0.4, -0.2) is 46.5 Å². The van der Waals surface area contributed by atoms with Gasteiger partial charge in [-0.15, -0.1) is 0 Å². The third kappa shape index (κ3) is 8.83. The fourth-order valence-corrected chi connectivity index (χ4v) is 8.79. The topological polar surface area (TPSA) is 35.5 Å². The van der Waals surface area contributed by atoms with E-state index in [1.165, 1.54) is 0 Å². The molecule has 0 saturated heterocycles. The summed E-state index contributed by atoms with van der Waals surface area (Å²) in [4.78, 5) is 11.1. The number of hydrogen-bond acceptors (Lipinski definition) is 3. The van der Waals surface area contributed by atoms with Crippen LogP contribution in [0.3, 0.4) is 0 Å². The molecule has 4 radical (unpaired) electrons. The molecule has 3 nitrogen and oxygen atoms in total. The second kappa shape index (κ2) is 8.53. The molecule has 0 unspecified atom stereocenters. The minimum Gasteiger partial charge on any atom is -0.435 e. The molecular formula is C15H32O3Si3. The average molecular weight is 345 g/mol. The molecule has 0 amide bonds. The van der Waals surface area contributed by atoms with Crippen molar-refractivity contribution in [2.75, 3.05) is 13.2 Å². The third-order valence-electron chi connectivity index (χ3n) is 3.87. The van der Waals surface area contributed by atoms with Crippen LogP contribution < -0.4 is 0 Å². The number of carbonyl (C=O) groups is 1. The molecule has 0 rings (SSSR count). The summed E-state index contributed by atoms with van der Waals surface area (Å²) >= 11 is 0. The van der Waals surface area contributed by atoms with Gasteiger partial charge >= 0.3 is 6.16 Å². The Labute approximate surface area is 137 Å². The molecule has 122 valence electrons. The minimum atomic E-state index is -1.14. The van der Waals surface area contributed by atoms with Gasteiger partial charge in [-0.25, -0.2) is 4.79 Å². The molecule has 0 aromatic heterocycles. The molecule has 0 bridgehead atoms. The first-order chi connectivity index (χ1) is 9.41. The van der Waals surface area contributed by atoms with Gasteiger partial charge in [0.25, 0.3) is 0 Å². The minimum absolute atomic E-state index is 0.376. The standard InChI is InChI=1S/C15H32O3Si3/c1-9-17-13(16)18-11-10-12-19-14(2,3)20-15(4,5)21(6,7)8/h9-12H2,1-8H3. The van der Waals surface area contributed by atoms with Gasteiger partial charge in [0.2, 0.25) is 0 Å².